The van der Waals surface area contributed by atoms with Gasteiger partial charge >= 0.3 is 11.9 Å². The van der Waals surface area contributed by atoms with E-state index in [0.717, 1.165) is 31.4 Å². The van der Waals surface area contributed by atoms with Crippen molar-refractivity contribution in [3.8, 4) is 17.6 Å². The van der Waals surface area contributed by atoms with Gasteiger partial charge in [0.1, 0.15) is 5.75 Å². The molecule has 5 heteroatoms. The fourth-order valence-electron chi connectivity index (χ4n) is 2.62. The minimum absolute atomic E-state index is 0.342. The van der Waals surface area contributed by atoms with Crippen LogP contribution in [0.15, 0.2) is 36.9 Å². The summed E-state index contributed by atoms with van der Waals surface area (Å²) >= 11 is 0. The minimum atomic E-state index is -1.13. The molecule has 5 nitrogen and oxygen atoms in total. The fraction of sp³-hybridized carbons (Fsp3) is 0.478. The number of ether oxygens (including phenoxy) is 2. The Kier molecular flexibility index (Phi) is 12.8. The van der Waals surface area contributed by atoms with Crippen LogP contribution < -0.4 is 4.74 Å². The maximum absolute atomic E-state index is 10.9. The number of carboxylic acids is 1. The van der Waals surface area contributed by atoms with Crippen molar-refractivity contribution in [2.45, 2.75) is 57.8 Å². The van der Waals surface area contributed by atoms with Crippen LogP contribution in [0.3, 0.4) is 0 Å². The molecular formula is C23H30O5. The molecule has 152 valence electrons. The van der Waals surface area contributed by atoms with Gasteiger partial charge in [-0.05, 0) is 37.1 Å². The van der Waals surface area contributed by atoms with E-state index in [1.165, 1.54) is 38.2 Å². The molecule has 0 heterocycles. The van der Waals surface area contributed by atoms with Crippen LogP contribution in [-0.4, -0.2) is 30.3 Å². The molecule has 1 rings (SSSR count). The third-order valence-corrected chi connectivity index (χ3v) is 4.14. The van der Waals surface area contributed by atoms with Gasteiger partial charge < -0.3 is 14.6 Å². The van der Waals surface area contributed by atoms with Gasteiger partial charge in [0.25, 0.3) is 0 Å². The van der Waals surface area contributed by atoms with E-state index >= 15 is 0 Å². The monoisotopic (exact) mass is 386 g/mol. The molecule has 1 N–H and O–H groups in total. The van der Waals surface area contributed by atoms with Crippen LogP contribution in [0.5, 0.6) is 5.75 Å². The van der Waals surface area contributed by atoms with E-state index in [1.807, 2.05) is 12.1 Å². The Morgan fingerprint density at radius 1 is 0.893 bits per heavy atom. The lowest BCUT2D eigenvalue weighted by molar-refractivity contribution is -0.137. The molecule has 0 unspecified atom stereocenters. The van der Waals surface area contributed by atoms with Crippen molar-refractivity contribution in [1.29, 1.82) is 0 Å². The lowest BCUT2D eigenvalue weighted by Crippen LogP contribution is -2.01. The summed E-state index contributed by atoms with van der Waals surface area (Å²) in [5, 5.41) is 8.52. The molecule has 1 aromatic rings. The van der Waals surface area contributed by atoms with E-state index in [4.69, 9.17) is 14.6 Å². The highest BCUT2D eigenvalue weighted by molar-refractivity contribution is 5.87. The normalized spacial score (nSPS) is 9.86. The summed E-state index contributed by atoms with van der Waals surface area (Å²) in [6.07, 6.45) is 11.5. The van der Waals surface area contributed by atoms with Crippen molar-refractivity contribution in [1.82, 2.24) is 0 Å². The predicted molar refractivity (Wildman–Crippen MR) is 109 cm³/mol. The lowest BCUT2D eigenvalue weighted by Gasteiger charge is -2.06. The largest absolute Gasteiger partial charge is 0.494 e. The predicted octanol–water partition coefficient (Wildman–Crippen LogP) is 4.74. The lowest BCUT2D eigenvalue weighted by atomic mass is 10.1. The van der Waals surface area contributed by atoms with E-state index in [2.05, 4.69) is 18.4 Å². The van der Waals surface area contributed by atoms with Crippen molar-refractivity contribution in [2.24, 2.45) is 0 Å². The number of aliphatic carboxylic acids is 1. The van der Waals surface area contributed by atoms with Crippen LogP contribution in [0.1, 0.15) is 63.4 Å². The van der Waals surface area contributed by atoms with Crippen molar-refractivity contribution in [2.75, 3.05) is 13.2 Å². The fourth-order valence-corrected chi connectivity index (χ4v) is 2.62. The second kappa shape index (κ2) is 15.3. The number of benzene rings is 1. The number of rotatable bonds is 14. The Morgan fingerprint density at radius 3 is 1.96 bits per heavy atom. The van der Waals surface area contributed by atoms with E-state index in [0.29, 0.717) is 18.8 Å². The van der Waals surface area contributed by atoms with E-state index < -0.39 is 5.97 Å². The first kappa shape index (κ1) is 23.3. The van der Waals surface area contributed by atoms with E-state index in [1.54, 1.807) is 12.1 Å². The minimum Gasteiger partial charge on any atom is -0.494 e. The third-order valence-electron chi connectivity index (χ3n) is 4.14. The van der Waals surface area contributed by atoms with Gasteiger partial charge in [0.15, 0.2) is 0 Å². The van der Waals surface area contributed by atoms with Gasteiger partial charge in [-0.2, -0.15) is 0 Å². The number of carbonyl (C=O) groups excluding carboxylic acids is 1. The number of hydrogen-bond acceptors (Lipinski definition) is 4. The van der Waals surface area contributed by atoms with Gasteiger partial charge in [0.2, 0.25) is 0 Å². The second-order valence-corrected chi connectivity index (χ2v) is 6.48. The van der Waals surface area contributed by atoms with Crippen molar-refractivity contribution in [3.05, 3.63) is 42.5 Å². The summed E-state index contributed by atoms with van der Waals surface area (Å²) in [6, 6.07) is 7.14. The van der Waals surface area contributed by atoms with Crippen molar-refractivity contribution >= 4 is 11.9 Å². The molecule has 0 aliphatic heterocycles. The average Bonchev–Trinajstić information content (AvgIpc) is 2.70. The summed E-state index contributed by atoms with van der Waals surface area (Å²) < 4.78 is 10.6. The second-order valence-electron chi connectivity index (χ2n) is 6.48. The topological polar surface area (TPSA) is 72.8 Å². The van der Waals surface area contributed by atoms with Crippen LogP contribution in [0.25, 0.3) is 0 Å². The smallest absolute Gasteiger partial charge is 0.382 e. The Balaban J connectivity index is 1.93. The quantitative estimate of drug-likeness (QED) is 0.216. The van der Waals surface area contributed by atoms with E-state index in [9.17, 15) is 9.59 Å². The number of esters is 1. The van der Waals surface area contributed by atoms with Gasteiger partial charge in [-0.3, -0.25) is 0 Å². The Hall–Kier alpha value is -2.74. The van der Waals surface area contributed by atoms with Gasteiger partial charge in [-0.25, -0.2) is 9.59 Å². The Morgan fingerprint density at radius 2 is 1.43 bits per heavy atom. The number of hydrogen-bond donors (Lipinski definition) is 1. The molecule has 0 bridgehead atoms. The summed E-state index contributed by atoms with van der Waals surface area (Å²) in [6.45, 7) is 4.54. The molecule has 28 heavy (non-hydrogen) atoms. The standard InChI is InChI=1S/C23H30O5/c1-2-23(26)28-19-11-9-7-5-3-4-6-8-10-18-27-21-15-12-20(13-16-21)14-17-22(24)25/h2,12-13,15-16H,1,3-11,18-19H2,(H,24,25). The summed E-state index contributed by atoms with van der Waals surface area (Å²) in [5.41, 5.74) is 0.660. The Labute approximate surface area is 167 Å². The zero-order valence-corrected chi connectivity index (χ0v) is 16.5. The van der Waals surface area contributed by atoms with Crippen molar-refractivity contribution < 1.29 is 24.2 Å². The number of carboxylic acid groups (broad SMARTS) is 1. The van der Waals surface area contributed by atoms with Gasteiger partial charge in [-0.1, -0.05) is 57.4 Å². The molecule has 0 saturated carbocycles. The highest BCUT2D eigenvalue weighted by Gasteiger charge is 1.97. The van der Waals surface area contributed by atoms with Gasteiger partial charge in [0.05, 0.1) is 13.2 Å². The maximum Gasteiger partial charge on any atom is 0.382 e. The zero-order valence-electron chi connectivity index (χ0n) is 16.5. The molecule has 0 spiro atoms. The molecular weight excluding hydrogens is 356 g/mol. The molecule has 0 saturated heterocycles. The highest BCUT2D eigenvalue weighted by Crippen LogP contribution is 2.13. The summed E-state index contributed by atoms with van der Waals surface area (Å²) in [7, 11) is 0. The Bertz CT molecular complexity index is 652. The van der Waals surface area contributed by atoms with Gasteiger partial charge in [0, 0.05) is 17.6 Å². The SMILES string of the molecule is C=CC(=O)OCCCCCCCCCCCOc1ccc(C#CC(=O)O)cc1. The number of carbonyl (C=O) groups is 2. The van der Waals surface area contributed by atoms with Crippen LogP contribution in [0.2, 0.25) is 0 Å². The first-order valence-electron chi connectivity index (χ1n) is 9.89. The zero-order chi connectivity index (χ0) is 20.5. The summed E-state index contributed by atoms with van der Waals surface area (Å²) in [4.78, 5) is 21.3. The first-order valence-corrected chi connectivity index (χ1v) is 9.89. The number of unbranched alkanes of at least 4 members (excludes halogenated alkanes) is 8. The molecule has 0 amide bonds. The van der Waals surface area contributed by atoms with Crippen LogP contribution in [0.4, 0.5) is 0 Å². The molecule has 0 aromatic heterocycles. The molecule has 1 aromatic carbocycles. The average molecular weight is 386 g/mol. The van der Waals surface area contributed by atoms with Crippen LogP contribution >= 0.6 is 0 Å². The maximum atomic E-state index is 10.9. The molecule has 0 aliphatic carbocycles. The molecule has 0 atom stereocenters. The van der Waals surface area contributed by atoms with E-state index in [-0.39, 0.29) is 5.97 Å². The molecule has 0 fully saturated rings. The van der Waals surface area contributed by atoms with Crippen LogP contribution in [-0.2, 0) is 14.3 Å². The first-order chi connectivity index (χ1) is 13.6. The highest BCUT2D eigenvalue weighted by atomic mass is 16.5. The van der Waals surface area contributed by atoms with Crippen LogP contribution in [0, 0.1) is 11.8 Å². The van der Waals surface area contributed by atoms with Gasteiger partial charge in [-0.15, -0.1) is 0 Å². The summed E-state index contributed by atoms with van der Waals surface area (Å²) in [5.74, 6) is 3.95. The van der Waals surface area contributed by atoms with Crippen molar-refractivity contribution in [3.63, 3.8) is 0 Å². The molecule has 0 aliphatic rings. The molecule has 0 radical (unpaired) electrons. The third kappa shape index (κ3) is 12.6.